The van der Waals surface area contributed by atoms with Gasteiger partial charge in [0.1, 0.15) is 17.4 Å². The predicted octanol–water partition coefficient (Wildman–Crippen LogP) is 7.64. The van der Waals surface area contributed by atoms with Crippen molar-refractivity contribution in [2.75, 3.05) is 30.5 Å². The first-order valence-corrected chi connectivity index (χ1v) is 14.8. The molecule has 0 bridgehead atoms. The fourth-order valence-electron chi connectivity index (χ4n) is 4.89. The molecular formula is C29H34Cl2F2N2O3S. The van der Waals surface area contributed by atoms with Gasteiger partial charge in [-0.05, 0) is 81.2 Å². The molecule has 10 heteroatoms. The highest BCUT2D eigenvalue weighted by molar-refractivity contribution is 7.92. The molecule has 0 aliphatic carbocycles. The molecule has 0 amide bonds. The lowest BCUT2D eigenvalue weighted by Crippen LogP contribution is -2.36. The van der Waals surface area contributed by atoms with Gasteiger partial charge >= 0.3 is 0 Å². The number of hydrogen-bond donors (Lipinski definition) is 0. The van der Waals surface area contributed by atoms with Crippen LogP contribution in [0.2, 0.25) is 5.02 Å². The molecule has 0 saturated carbocycles. The van der Waals surface area contributed by atoms with Crippen LogP contribution in [0.1, 0.15) is 50.6 Å². The maximum atomic E-state index is 15.1. The van der Waals surface area contributed by atoms with Crippen LogP contribution in [0.15, 0.2) is 71.6 Å². The quantitative estimate of drug-likeness (QED) is 0.213. The van der Waals surface area contributed by atoms with Crippen LogP contribution in [0.4, 0.5) is 14.5 Å². The lowest BCUT2D eigenvalue weighted by atomic mass is 10.0. The molecule has 4 rings (SSSR count). The Hall–Kier alpha value is -2.39. The van der Waals surface area contributed by atoms with Gasteiger partial charge in [0, 0.05) is 23.2 Å². The number of ether oxygens (including phenoxy) is 1. The molecule has 0 spiro atoms. The van der Waals surface area contributed by atoms with E-state index in [0.717, 1.165) is 48.6 Å². The van der Waals surface area contributed by atoms with Gasteiger partial charge in [0.2, 0.25) is 0 Å². The lowest BCUT2D eigenvalue weighted by Gasteiger charge is -2.33. The Labute approximate surface area is 241 Å². The topological polar surface area (TPSA) is 49.9 Å². The van der Waals surface area contributed by atoms with Crippen LogP contribution >= 0.6 is 24.0 Å². The second-order valence-electron chi connectivity index (χ2n) is 9.42. The first kappa shape index (κ1) is 31.1. The Bertz CT molecular complexity index is 1320. The average Bonchev–Trinajstić information content (AvgIpc) is 2.92. The molecule has 1 aliphatic rings. The van der Waals surface area contributed by atoms with Crippen molar-refractivity contribution >= 4 is 39.7 Å². The molecule has 3 aromatic carbocycles. The first-order chi connectivity index (χ1) is 18.3. The van der Waals surface area contributed by atoms with Crippen molar-refractivity contribution in [3.8, 4) is 5.75 Å². The molecule has 1 unspecified atom stereocenters. The van der Waals surface area contributed by atoms with Crippen LogP contribution in [-0.4, -0.2) is 39.6 Å². The summed E-state index contributed by atoms with van der Waals surface area (Å²) >= 11 is 5.98. The maximum absolute atomic E-state index is 15.1. The van der Waals surface area contributed by atoms with Crippen molar-refractivity contribution in [3.63, 3.8) is 0 Å². The predicted molar refractivity (Wildman–Crippen MR) is 155 cm³/mol. The second kappa shape index (κ2) is 14.3. The zero-order chi connectivity index (χ0) is 27.1. The van der Waals surface area contributed by atoms with E-state index in [1.54, 1.807) is 25.1 Å². The number of rotatable bonds is 11. The average molecular weight is 600 g/mol. The Balaban J connectivity index is 0.00000420. The highest BCUT2D eigenvalue weighted by Gasteiger charge is 2.35. The fraction of sp³-hybridized carbons (Fsp3) is 0.379. The molecule has 1 aliphatic heterocycles. The van der Waals surface area contributed by atoms with E-state index in [4.69, 9.17) is 16.3 Å². The van der Waals surface area contributed by atoms with Gasteiger partial charge in [-0.2, -0.15) is 0 Å². The molecule has 0 radical (unpaired) electrons. The highest BCUT2D eigenvalue weighted by atomic mass is 35.5. The third kappa shape index (κ3) is 7.63. The minimum Gasteiger partial charge on any atom is -0.493 e. The molecule has 1 heterocycles. The summed E-state index contributed by atoms with van der Waals surface area (Å²) in [5, 5.41) is 0.364. The van der Waals surface area contributed by atoms with E-state index in [9.17, 15) is 12.8 Å². The SMILES string of the molecule is CCC(c1ccccc1OCCCN1CCCCC1)N(c1cc(F)ccc1F)S(=O)(=O)c1ccc(Cl)cc1.Cl. The zero-order valence-corrected chi connectivity index (χ0v) is 24.3. The normalized spacial score (nSPS) is 14.9. The maximum Gasteiger partial charge on any atom is 0.264 e. The first-order valence-electron chi connectivity index (χ1n) is 13.0. The van der Waals surface area contributed by atoms with Gasteiger partial charge in [-0.15, -0.1) is 12.4 Å². The van der Waals surface area contributed by atoms with Gasteiger partial charge in [0.15, 0.2) is 0 Å². The van der Waals surface area contributed by atoms with Gasteiger partial charge in [0.05, 0.1) is 23.2 Å². The van der Waals surface area contributed by atoms with Crippen molar-refractivity contribution in [3.05, 3.63) is 89.0 Å². The van der Waals surface area contributed by atoms with Crippen molar-refractivity contribution < 1.29 is 21.9 Å². The zero-order valence-electron chi connectivity index (χ0n) is 21.9. The number of benzene rings is 3. The lowest BCUT2D eigenvalue weighted by molar-refractivity contribution is 0.204. The summed E-state index contributed by atoms with van der Waals surface area (Å²) < 4.78 is 64.5. The molecule has 1 atom stereocenters. The number of anilines is 1. The molecule has 1 fully saturated rings. The molecule has 0 N–H and O–H groups in total. The minimum atomic E-state index is -4.32. The molecule has 3 aromatic rings. The Morgan fingerprint density at radius 1 is 1.00 bits per heavy atom. The van der Waals surface area contributed by atoms with Crippen LogP contribution in [0.3, 0.4) is 0 Å². The van der Waals surface area contributed by atoms with E-state index in [-0.39, 0.29) is 29.4 Å². The van der Waals surface area contributed by atoms with Crippen LogP contribution in [-0.2, 0) is 10.0 Å². The van der Waals surface area contributed by atoms with Gasteiger partial charge < -0.3 is 9.64 Å². The van der Waals surface area contributed by atoms with E-state index in [0.29, 0.717) is 22.9 Å². The number of para-hydroxylation sites is 1. The van der Waals surface area contributed by atoms with E-state index < -0.39 is 27.7 Å². The molecule has 212 valence electrons. The molecule has 39 heavy (non-hydrogen) atoms. The number of likely N-dealkylation sites (tertiary alicyclic amines) is 1. The minimum absolute atomic E-state index is 0. The van der Waals surface area contributed by atoms with Crippen molar-refractivity contribution in [2.45, 2.75) is 50.0 Å². The van der Waals surface area contributed by atoms with Crippen LogP contribution in [0, 0.1) is 11.6 Å². The van der Waals surface area contributed by atoms with Crippen LogP contribution in [0.5, 0.6) is 5.75 Å². The standard InChI is InChI=1S/C29H33ClF2N2O3S.ClH/c1-2-27(25-9-4-5-10-29(25)37-20-8-19-33-17-6-3-7-18-33)34(28-21-23(31)13-16-26(28)32)38(35,36)24-14-11-22(30)12-15-24;/h4-5,9-16,21,27H,2-3,6-8,17-20H2,1H3;1H. The van der Waals surface area contributed by atoms with E-state index in [1.165, 1.54) is 43.5 Å². The van der Waals surface area contributed by atoms with Gasteiger partial charge in [0.25, 0.3) is 10.0 Å². The Morgan fingerprint density at radius 3 is 2.38 bits per heavy atom. The van der Waals surface area contributed by atoms with Crippen LogP contribution < -0.4 is 9.04 Å². The summed E-state index contributed by atoms with van der Waals surface area (Å²) in [6.45, 7) is 5.41. The number of halogens is 4. The largest absolute Gasteiger partial charge is 0.493 e. The van der Waals surface area contributed by atoms with Gasteiger partial charge in [-0.3, -0.25) is 4.31 Å². The fourth-order valence-corrected chi connectivity index (χ4v) is 6.72. The number of sulfonamides is 1. The summed E-state index contributed by atoms with van der Waals surface area (Å²) in [5.74, 6) is -1.07. The Kier molecular flexibility index (Phi) is 11.4. The van der Waals surface area contributed by atoms with Gasteiger partial charge in [-0.25, -0.2) is 17.2 Å². The number of hydrogen-bond acceptors (Lipinski definition) is 4. The van der Waals surface area contributed by atoms with Gasteiger partial charge in [-0.1, -0.05) is 43.1 Å². The summed E-state index contributed by atoms with van der Waals surface area (Å²) in [7, 11) is -4.32. The van der Waals surface area contributed by atoms with E-state index in [2.05, 4.69) is 4.90 Å². The second-order valence-corrected chi connectivity index (χ2v) is 11.7. The monoisotopic (exact) mass is 598 g/mol. The number of nitrogens with zero attached hydrogens (tertiary/aromatic N) is 2. The van der Waals surface area contributed by atoms with Crippen molar-refractivity contribution in [2.24, 2.45) is 0 Å². The number of piperidine rings is 1. The van der Waals surface area contributed by atoms with E-state index >= 15 is 4.39 Å². The van der Waals surface area contributed by atoms with Crippen LogP contribution in [0.25, 0.3) is 0 Å². The highest BCUT2D eigenvalue weighted by Crippen LogP contribution is 2.40. The van der Waals surface area contributed by atoms with Crippen molar-refractivity contribution in [1.29, 1.82) is 0 Å². The summed E-state index contributed by atoms with van der Waals surface area (Å²) in [5.41, 5.74) is 0.209. The molecule has 5 nitrogen and oxygen atoms in total. The van der Waals surface area contributed by atoms with E-state index in [1.807, 2.05) is 6.07 Å². The molecule has 0 aromatic heterocycles. The van der Waals surface area contributed by atoms with Crippen molar-refractivity contribution in [1.82, 2.24) is 4.90 Å². The smallest absolute Gasteiger partial charge is 0.264 e. The summed E-state index contributed by atoms with van der Waals surface area (Å²) in [6.07, 6.45) is 4.83. The molecular weight excluding hydrogens is 565 g/mol. The third-order valence-corrected chi connectivity index (χ3v) is 8.88. The third-order valence-electron chi connectivity index (χ3n) is 6.79. The molecule has 1 saturated heterocycles. The Morgan fingerprint density at radius 2 is 1.69 bits per heavy atom. The summed E-state index contributed by atoms with van der Waals surface area (Å²) in [4.78, 5) is 2.35. The summed E-state index contributed by atoms with van der Waals surface area (Å²) in [6, 6.07) is 14.7.